The van der Waals surface area contributed by atoms with Crippen LogP contribution in [0, 0.1) is 0 Å². The van der Waals surface area contributed by atoms with E-state index in [1.165, 1.54) is 6.07 Å². The van der Waals surface area contributed by atoms with Crippen LogP contribution >= 0.6 is 18.2 Å². The van der Waals surface area contributed by atoms with E-state index >= 15 is 0 Å². The minimum atomic E-state index is -4.66. The molecular formula is C7H5ClF3O3P. The number of hydrogen-bond donors (Lipinski definition) is 1. The van der Waals surface area contributed by atoms with Gasteiger partial charge < -0.3 is 9.42 Å². The van der Waals surface area contributed by atoms with Crippen LogP contribution in [0.1, 0.15) is 5.56 Å². The molecule has 0 saturated carbocycles. The second kappa shape index (κ2) is 4.04. The molecule has 1 unspecified atom stereocenters. The highest BCUT2D eigenvalue weighted by atomic mass is 35.7. The predicted octanol–water partition coefficient (Wildman–Crippen LogP) is 3.42. The summed E-state index contributed by atoms with van der Waals surface area (Å²) in [5, 5.41) is 0. The third-order valence-electron chi connectivity index (χ3n) is 1.40. The van der Waals surface area contributed by atoms with E-state index in [1.807, 2.05) is 0 Å². The zero-order valence-corrected chi connectivity index (χ0v) is 8.68. The van der Waals surface area contributed by atoms with Crippen LogP contribution in [0.15, 0.2) is 24.3 Å². The lowest BCUT2D eigenvalue weighted by atomic mass is 10.2. The van der Waals surface area contributed by atoms with Crippen molar-refractivity contribution in [3.05, 3.63) is 29.8 Å². The van der Waals surface area contributed by atoms with Gasteiger partial charge in [0.1, 0.15) is 5.75 Å². The minimum Gasteiger partial charge on any atom is -0.413 e. The molecule has 1 aromatic rings. The van der Waals surface area contributed by atoms with Crippen molar-refractivity contribution < 1.29 is 27.2 Å². The summed E-state index contributed by atoms with van der Waals surface area (Å²) in [6, 6.07) is 4.00. The SMILES string of the molecule is O=P(O)(Cl)Oc1ccccc1C(F)(F)F. The largest absolute Gasteiger partial charge is 0.474 e. The van der Waals surface area contributed by atoms with E-state index in [0.717, 1.165) is 18.2 Å². The number of benzene rings is 1. The van der Waals surface area contributed by atoms with Gasteiger partial charge in [-0.1, -0.05) is 12.1 Å². The van der Waals surface area contributed by atoms with Crippen molar-refractivity contribution in [1.82, 2.24) is 0 Å². The Morgan fingerprint density at radius 1 is 1.33 bits per heavy atom. The highest BCUT2D eigenvalue weighted by Gasteiger charge is 2.35. The molecule has 1 aromatic carbocycles. The van der Waals surface area contributed by atoms with Gasteiger partial charge in [0, 0.05) is 11.2 Å². The second-order valence-corrected chi connectivity index (χ2v) is 4.90. The summed E-state index contributed by atoms with van der Waals surface area (Å²) in [6.07, 6.45) is -4.66. The maximum absolute atomic E-state index is 12.3. The first-order valence-corrected chi connectivity index (χ1v) is 6.07. The molecule has 1 rings (SSSR count). The summed E-state index contributed by atoms with van der Waals surface area (Å²) >= 11 is 4.81. The number of alkyl halides is 3. The van der Waals surface area contributed by atoms with Crippen LogP contribution in [-0.4, -0.2) is 4.89 Å². The summed E-state index contributed by atoms with van der Waals surface area (Å²) in [5.41, 5.74) is -1.15. The van der Waals surface area contributed by atoms with Crippen LogP contribution in [0.2, 0.25) is 0 Å². The smallest absolute Gasteiger partial charge is 0.413 e. The summed E-state index contributed by atoms with van der Waals surface area (Å²) in [7, 11) is 0. The lowest BCUT2D eigenvalue weighted by Crippen LogP contribution is -2.06. The molecule has 0 heterocycles. The normalized spacial score (nSPS) is 15.8. The molecule has 0 fully saturated rings. The first-order chi connectivity index (χ1) is 6.70. The average molecular weight is 261 g/mol. The van der Waals surface area contributed by atoms with E-state index in [2.05, 4.69) is 4.52 Å². The van der Waals surface area contributed by atoms with E-state index < -0.39 is 24.4 Å². The highest BCUT2D eigenvalue weighted by Crippen LogP contribution is 2.50. The Balaban J connectivity index is 3.14. The molecule has 3 nitrogen and oxygen atoms in total. The maximum atomic E-state index is 12.3. The van der Waals surface area contributed by atoms with Crippen molar-refractivity contribution in [2.24, 2.45) is 0 Å². The topological polar surface area (TPSA) is 46.5 Å². The van der Waals surface area contributed by atoms with Crippen LogP contribution in [0.4, 0.5) is 13.2 Å². The molecular weight excluding hydrogens is 255 g/mol. The van der Waals surface area contributed by atoms with Crippen LogP contribution in [-0.2, 0) is 10.7 Å². The summed E-state index contributed by atoms with van der Waals surface area (Å²) in [5.74, 6) is -0.772. The Labute approximate surface area is 87.8 Å². The second-order valence-electron chi connectivity index (χ2n) is 2.54. The van der Waals surface area contributed by atoms with Crippen molar-refractivity contribution in [1.29, 1.82) is 0 Å². The van der Waals surface area contributed by atoms with Crippen molar-refractivity contribution in [3.63, 3.8) is 0 Å². The molecule has 1 N–H and O–H groups in total. The number of hydrogen-bond acceptors (Lipinski definition) is 2. The van der Waals surface area contributed by atoms with E-state index in [4.69, 9.17) is 16.1 Å². The first-order valence-electron chi connectivity index (χ1n) is 3.58. The Kier molecular flexibility index (Phi) is 3.33. The molecule has 0 spiro atoms. The van der Waals surface area contributed by atoms with Crippen LogP contribution in [0.5, 0.6) is 5.75 Å². The fourth-order valence-corrected chi connectivity index (χ4v) is 1.53. The van der Waals surface area contributed by atoms with Gasteiger partial charge in [-0.15, -0.1) is 0 Å². The fraction of sp³-hybridized carbons (Fsp3) is 0.143. The molecule has 0 aromatic heterocycles. The predicted molar refractivity (Wildman–Crippen MR) is 47.8 cm³/mol. The van der Waals surface area contributed by atoms with Gasteiger partial charge in [0.05, 0.1) is 5.56 Å². The molecule has 0 radical (unpaired) electrons. The maximum Gasteiger partial charge on any atom is 0.474 e. The lowest BCUT2D eigenvalue weighted by molar-refractivity contribution is -0.138. The third-order valence-corrected chi connectivity index (χ3v) is 2.03. The van der Waals surface area contributed by atoms with Gasteiger partial charge in [-0.25, -0.2) is 4.57 Å². The van der Waals surface area contributed by atoms with E-state index in [9.17, 15) is 17.7 Å². The summed E-state index contributed by atoms with van der Waals surface area (Å²) < 4.78 is 51.7. The zero-order chi connectivity index (χ0) is 11.7. The van der Waals surface area contributed by atoms with E-state index in [0.29, 0.717) is 0 Å². The molecule has 0 bridgehead atoms. The summed E-state index contributed by atoms with van der Waals surface area (Å²) in [6.45, 7) is -4.51. The van der Waals surface area contributed by atoms with Gasteiger partial charge in [0.15, 0.2) is 0 Å². The third kappa shape index (κ3) is 3.74. The molecule has 15 heavy (non-hydrogen) atoms. The van der Waals surface area contributed by atoms with Gasteiger partial charge in [0.25, 0.3) is 0 Å². The lowest BCUT2D eigenvalue weighted by Gasteiger charge is -2.13. The molecule has 0 amide bonds. The standard InChI is InChI=1S/C7H5ClF3O3P/c8-15(12,13)14-6-4-2-1-3-5(6)7(9,10)11/h1-4H,(H,12,13). The van der Waals surface area contributed by atoms with Gasteiger partial charge in [-0.3, -0.25) is 0 Å². The Morgan fingerprint density at radius 3 is 2.33 bits per heavy atom. The number of halogens is 4. The molecule has 84 valence electrons. The van der Waals surface area contributed by atoms with Gasteiger partial charge in [0.2, 0.25) is 0 Å². The van der Waals surface area contributed by atoms with Crippen LogP contribution < -0.4 is 4.52 Å². The minimum absolute atomic E-state index is 0.724. The molecule has 1 atom stereocenters. The van der Waals surface area contributed by atoms with Gasteiger partial charge in [-0.2, -0.15) is 13.2 Å². The number of rotatable bonds is 2. The highest BCUT2D eigenvalue weighted by molar-refractivity contribution is 7.80. The molecule has 0 aliphatic heterocycles. The Hall–Kier alpha value is -0.710. The molecule has 0 aliphatic carbocycles. The monoisotopic (exact) mass is 260 g/mol. The van der Waals surface area contributed by atoms with Crippen LogP contribution in [0.3, 0.4) is 0 Å². The average Bonchev–Trinajstić information content (AvgIpc) is 1.99. The van der Waals surface area contributed by atoms with Crippen molar-refractivity contribution >= 4 is 18.2 Å². The molecule has 8 heteroatoms. The van der Waals surface area contributed by atoms with E-state index in [1.54, 1.807) is 0 Å². The van der Waals surface area contributed by atoms with Crippen molar-refractivity contribution in [2.45, 2.75) is 6.18 Å². The van der Waals surface area contributed by atoms with Crippen LogP contribution in [0.25, 0.3) is 0 Å². The van der Waals surface area contributed by atoms with Gasteiger partial charge in [-0.05, 0) is 12.1 Å². The Bertz CT molecular complexity index is 401. The van der Waals surface area contributed by atoms with Crippen molar-refractivity contribution in [2.75, 3.05) is 0 Å². The summed E-state index contributed by atoms with van der Waals surface area (Å²) in [4.78, 5) is 8.59. The molecule has 0 aliphatic rings. The number of para-hydroxylation sites is 1. The van der Waals surface area contributed by atoms with E-state index in [-0.39, 0.29) is 0 Å². The molecule has 0 saturated heterocycles. The first kappa shape index (κ1) is 12.4. The Morgan fingerprint density at radius 2 is 1.87 bits per heavy atom. The van der Waals surface area contributed by atoms with Gasteiger partial charge >= 0.3 is 13.1 Å². The quantitative estimate of drug-likeness (QED) is 0.829. The zero-order valence-electron chi connectivity index (χ0n) is 7.03. The van der Waals surface area contributed by atoms with Crippen molar-refractivity contribution in [3.8, 4) is 5.75 Å². The fourth-order valence-electron chi connectivity index (χ4n) is 0.902.